The monoisotopic (exact) mass is 429 g/mol. The standard InChI is InChI=1S/C22H27N3O2S2/c1-14-5-6-18(15(2)13-14)25-21(26)19-16(3)17(4)29-20(19)23-22(25)28-12-9-24-7-10-27-11-8-24/h5-6,13H,7-12H2,1-4H3. The second-order valence-corrected chi connectivity index (χ2v) is 9.86. The van der Waals surface area contributed by atoms with Gasteiger partial charge in [-0.25, -0.2) is 4.98 Å². The quantitative estimate of drug-likeness (QED) is 0.451. The fourth-order valence-corrected chi connectivity index (χ4v) is 5.81. The van der Waals surface area contributed by atoms with Crippen molar-refractivity contribution in [3.8, 4) is 5.69 Å². The molecule has 29 heavy (non-hydrogen) atoms. The zero-order chi connectivity index (χ0) is 20.5. The molecule has 0 spiro atoms. The molecule has 0 saturated carbocycles. The Kier molecular flexibility index (Phi) is 6.11. The van der Waals surface area contributed by atoms with Crippen LogP contribution >= 0.6 is 23.1 Å². The van der Waals surface area contributed by atoms with Crippen LogP contribution in [0.25, 0.3) is 15.9 Å². The number of aryl methyl sites for hydroxylation is 4. The van der Waals surface area contributed by atoms with Crippen LogP contribution in [0, 0.1) is 27.7 Å². The van der Waals surface area contributed by atoms with Gasteiger partial charge < -0.3 is 4.74 Å². The summed E-state index contributed by atoms with van der Waals surface area (Å²) >= 11 is 3.28. The molecule has 5 nitrogen and oxygen atoms in total. The second kappa shape index (κ2) is 8.60. The van der Waals surface area contributed by atoms with Crippen molar-refractivity contribution in [3.63, 3.8) is 0 Å². The third-order valence-corrected chi connectivity index (χ3v) is 7.53. The highest BCUT2D eigenvalue weighted by Crippen LogP contribution is 2.30. The van der Waals surface area contributed by atoms with Crippen molar-refractivity contribution in [1.82, 2.24) is 14.5 Å². The van der Waals surface area contributed by atoms with E-state index in [2.05, 4.69) is 37.8 Å². The summed E-state index contributed by atoms with van der Waals surface area (Å²) in [4.78, 5) is 22.9. The molecule has 0 unspecified atom stereocenters. The van der Waals surface area contributed by atoms with Crippen molar-refractivity contribution < 1.29 is 4.74 Å². The normalized spacial score (nSPS) is 15.3. The Bertz CT molecular complexity index is 1100. The molecule has 0 amide bonds. The molecule has 0 N–H and O–H groups in total. The Morgan fingerprint density at radius 2 is 1.93 bits per heavy atom. The van der Waals surface area contributed by atoms with Crippen molar-refractivity contribution in [3.05, 3.63) is 50.1 Å². The van der Waals surface area contributed by atoms with Gasteiger partial charge >= 0.3 is 0 Å². The third-order valence-electron chi connectivity index (χ3n) is 5.51. The lowest BCUT2D eigenvalue weighted by Crippen LogP contribution is -2.37. The Morgan fingerprint density at radius 1 is 1.17 bits per heavy atom. The van der Waals surface area contributed by atoms with Gasteiger partial charge in [-0.15, -0.1) is 11.3 Å². The lowest BCUT2D eigenvalue weighted by Gasteiger charge is -2.26. The molecule has 1 aliphatic heterocycles. The van der Waals surface area contributed by atoms with E-state index in [-0.39, 0.29) is 5.56 Å². The maximum atomic E-state index is 13.6. The van der Waals surface area contributed by atoms with Crippen LogP contribution in [0.5, 0.6) is 0 Å². The zero-order valence-corrected chi connectivity index (χ0v) is 19.1. The summed E-state index contributed by atoms with van der Waals surface area (Å²) in [6, 6.07) is 6.23. The minimum atomic E-state index is 0.0395. The van der Waals surface area contributed by atoms with E-state index >= 15 is 0 Å². The zero-order valence-electron chi connectivity index (χ0n) is 17.4. The number of thioether (sulfide) groups is 1. The van der Waals surface area contributed by atoms with Crippen molar-refractivity contribution in [2.45, 2.75) is 32.9 Å². The molecule has 0 aliphatic carbocycles. The first-order valence-corrected chi connectivity index (χ1v) is 11.8. The van der Waals surface area contributed by atoms with Gasteiger partial charge in [-0.3, -0.25) is 14.3 Å². The van der Waals surface area contributed by atoms with E-state index in [1.807, 2.05) is 17.6 Å². The number of fused-ring (bicyclic) bond motifs is 1. The molecule has 1 aliphatic rings. The molecule has 0 radical (unpaired) electrons. The van der Waals surface area contributed by atoms with E-state index in [0.29, 0.717) is 0 Å². The van der Waals surface area contributed by atoms with Gasteiger partial charge in [-0.2, -0.15) is 0 Å². The van der Waals surface area contributed by atoms with E-state index in [1.54, 1.807) is 23.1 Å². The van der Waals surface area contributed by atoms with Gasteiger partial charge in [0.1, 0.15) is 4.83 Å². The fraction of sp³-hybridized carbons (Fsp3) is 0.455. The number of morpholine rings is 1. The topological polar surface area (TPSA) is 47.4 Å². The van der Waals surface area contributed by atoms with Gasteiger partial charge in [0, 0.05) is 30.3 Å². The molecule has 3 aromatic rings. The summed E-state index contributed by atoms with van der Waals surface area (Å²) < 4.78 is 7.26. The van der Waals surface area contributed by atoms with Crippen molar-refractivity contribution in [1.29, 1.82) is 0 Å². The first-order valence-electron chi connectivity index (χ1n) is 9.99. The smallest absolute Gasteiger partial charge is 0.267 e. The molecule has 7 heteroatoms. The largest absolute Gasteiger partial charge is 0.379 e. The van der Waals surface area contributed by atoms with E-state index in [9.17, 15) is 4.79 Å². The highest BCUT2D eigenvalue weighted by atomic mass is 32.2. The van der Waals surface area contributed by atoms with Gasteiger partial charge in [0.15, 0.2) is 5.16 Å². The Morgan fingerprint density at radius 3 is 2.66 bits per heavy atom. The van der Waals surface area contributed by atoms with Gasteiger partial charge in [0.2, 0.25) is 0 Å². The predicted octanol–water partition coefficient (Wildman–Crippen LogP) is 4.11. The van der Waals surface area contributed by atoms with Gasteiger partial charge in [-0.1, -0.05) is 29.5 Å². The van der Waals surface area contributed by atoms with Crippen LogP contribution in [0.2, 0.25) is 0 Å². The maximum Gasteiger partial charge on any atom is 0.267 e. The molecular formula is C22H27N3O2S2. The average Bonchev–Trinajstić information content (AvgIpc) is 2.98. The summed E-state index contributed by atoms with van der Waals surface area (Å²) in [5, 5.41) is 1.54. The Balaban J connectivity index is 1.75. The molecular weight excluding hydrogens is 402 g/mol. The predicted molar refractivity (Wildman–Crippen MR) is 122 cm³/mol. The number of benzene rings is 1. The minimum absolute atomic E-state index is 0.0395. The number of nitrogens with zero attached hydrogens (tertiary/aromatic N) is 3. The molecule has 4 rings (SSSR count). The lowest BCUT2D eigenvalue weighted by atomic mass is 10.1. The van der Waals surface area contributed by atoms with Crippen LogP contribution in [0.1, 0.15) is 21.6 Å². The van der Waals surface area contributed by atoms with Crippen LogP contribution in [0.15, 0.2) is 28.2 Å². The SMILES string of the molecule is Cc1ccc(-n2c(SCCN3CCOCC3)nc3sc(C)c(C)c3c2=O)c(C)c1. The Hall–Kier alpha value is -1.67. The molecule has 2 aromatic heterocycles. The second-order valence-electron chi connectivity index (χ2n) is 7.59. The Labute approximate surface area is 179 Å². The van der Waals surface area contributed by atoms with Gasteiger partial charge in [0.05, 0.1) is 24.3 Å². The molecule has 1 saturated heterocycles. The molecule has 3 heterocycles. The summed E-state index contributed by atoms with van der Waals surface area (Å²) in [6.45, 7) is 12.7. The van der Waals surface area contributed by atoms with Crippen LogP contribution < -0.4 is 5.56 Å². The molecule has 1 fully saturated rings. The number of thiophene rings is 1. The minimum Gasteiger partial charge on any atom is -0.379 e. The number of rotatable bonds is 5. The number of hydrogen-bond donors (Lipinski definition) is 0. The molecule has 0 bridgehead atoms. The first kappa shape index (κ1) is 20.6. The van der Waals surface area contributed by atoms with Crippen molar-refractivity contribution >= 4 is 33.3 Å². The van der Waals surface area contributed by atoms with Crippen LogP contribution in [-0.4, -0.2) is 53.1 Å². The van der Waals surface area contributed by atoms with Gasteiger partial charge in [0.25, 0.3) is 5.56 Å². The number of ether oxygens (including phenoxy) is 1. The van der Waals surface area contributed by atoms with Crippen molar-refractivity contribution in [2.75, 3.05) is 38.6 Å². The molecule has 1 aromatic carbocycles. The number of hydrogen-bond acceptors (Lipinski definition) is 6. The first-order chi connectivity index (χ1) is 14.0. The molecule has 0 atom stereocenters. The highest BCUT2D eigenvalue weighted by Gasteiger charge is 2.19. The van der Waals surface area contributed by atoms with E-state index in [4.69, 9.17) is 9.72 Å². The van der Waals surface area contributed by atoms with Crippen molar-refractivity contribution in [2.24, 2.45) is 0 Å². The molecule has 154 valence electrons. The fourth-order valence-electron chi connectivity index (χ4n) is 3.73. The van der Waals surface area contributed by atoms with E-state index < -0.39 is 0 Å². The highest BCUT2D eigenvalue weighted by molar-refractivity contribution is 7.99. The number of aromatic nitrogens is 2. The summed E-state index contributed by atoms with van der Waals surface area (Å²) in [5.41, 5.74) is 4.29. The van der Waals surface area contributed by atoms with Crippen LogP contribution in [0.3, 0.4) is 0 Å². The average molecular weight is 430 g/mol. The third kappa shape index (κ3) is 4.14. The summed E-state index contributed by atoms with van der Waals surface area (Å²) in [6.07, 6.45) is 0. The summed E-state index contributed by atoms with van der Waals surface area (Å²) in [7, 11) is 0. The van der Waals surface area contributed by atoms with Crippen LogP contribution in [-0.2, 0) is 4.74 Å². The van der Waals surface area contributed by atoms with E-state index in [1.165, 1.54) is 5.56 Å². The maximum absolute atomic E-state index is 13.6. The lowest BCUT2D eigenvalue weighted by molar-refractivity contribution is 0.0410. The summed E-state index contributed by atoms with van der Waals surface area (Å²) in [5.74, 6) is 0.895. The van der Waals surface area contributed by atoms with Crippen LogP contribution in [0.4, 0.5) is 0 Å². The van der Waals surface area contributed by atoms with Gasteiger partial charge in [-0.05, 0) is 44.9 Å². The van der Waals surface area contributed by atoms with E-state index in [0.717, 1.165) is 75.7 Å².